The molecule has 2 aromatic rings. The summed E-state index contributed by atoms with van der Waals surface area (Å²) in [4.78, 5) is -0.475. The number of halogens is 5. The highest BCUT2D eigenvalue weighted by Crippen LogP contribution is 2.59. The Balaban J connectivity index is 1.70. The molecule has 1 aliphatic carbocycles. The number of allylic oxidation sites excluding steroid dienone is 2. The first-order valence-corrected chi connectivity index (χ1v) is 15.4. The van der Waals surface area contributed by atoms with Gasteiger partial charge in [0.1, 0.15) is 10.6 Å². The van der Waals surface area contributed by atoms with Crippen LogP contribution in [0.15, 0.2) is 53.4 Å². The zero-order chi connectivity index (χ0) is 28.4. The summed E-state index contributed by atoms with van der Waals surface area (Å²) in [7, 11) is -8.40. The molecule has 0 amide bonds. The van der Waals surface area contributed by atoms with E-state index in [0.717, 1.165) is 24.3 Å². The largest absolute Gasteiger partial charge is 0.490 e. The highest BCUT2D eigenvalue weighted by atomic mass is 32.2. The lowest BCUT2D eigenvalue weighted by molar-refractivity contribution is -0.137. The Bertz CT molecular complexity index is 1520. The topological polar surface area (TPSA) is 89.5 Å². The van der Waals surface area contributed by atoms with Gasteiger partial charge in [-0.15, -0.1) is 0 Å². The van der Waals surface area contributed by atoms with Gasteiger partial charge in [-0.3, -0.25) is 0 Å². The summed E-state index contributed by atoms with van der Waals surface area (Å²) in [5.74, 6) is -4.18. The summed E-state index contributed by atoms with van der Waals surface area (Å²) >= 11 is 0. The number of hydrogen-bond acceptors (Lipinski definition) is 5. The van der Waals surface area contributed by atoms with Gasteiger partial charge < -0.3 is 4.74 Å². The molecule has 2 aliphatic heterocycles. The third-order valence-corrected chi connectivity index (χ3v) is 12.7. The number of hydrogen-bond donors (Lipinski definition) is 1. The predicted molar refractivity (Wildman–Crippen MR) is 132 cm³/mol. The number of nitrogens with one attached hydrogen (secondary N) is 1. The average Bonchev–Trinajstić information content (AvgIpc) is 2.88. The quantitative estimate of drug-likeness (QED) is 0.395. The fraction of sp³-hybridized carbons (Fsp3) is 0.462. The number of benzene rings is 2. The van der Waals surface area contributed by atoms with Crippen LogP contribution in [0.1, 0.15) is 43.7 Å². The zero-order valence-electron chi connectivity index (χ0n) is 20.7. The number of ether oxygens (including phenoxy) is 1. The first-order chi connectivity index (χ1) is 18.2. The van der Waals surface area contributed by atoms with E-state index in [2.05, 4.69) is 4.72 Å². The van der Waals surface area contributed by atoms with Crippen LogP contribution in [-0.2, 0) is 30.8 Å². The van der Waals surface area contributed by atoms with Crippen LogP contribution in [0.4, 0.5) is 22.0 Å². The van der Waals surface area contributed by atoms with Crippen LogP contribution in [0.2, 0.25) is 0 Å². The molecule has 5 atom stereocenters. The fourth-order valence-electron chi connectivity index (χ4n) is 6.43. The minimum absolute atomic E-state index is 0.00794. The minimum atomic E-state index is -4.71. The van der Waals surface area contributed by atoms with Crippen molar-refractivity contribution < 1.29 is 43.5 Å². The number of fused-ring (bicyclic) bond motifs is 5. The Labute approximate surface area is 223 Å². The van der Waals surface area contributed by atoms with Gasteiger partial charge in [0.2, 0.25) is 10.0 Å². The number of sulfonamides is 1. The minimum Gasteiger partial charge on any atom is -0.490 e. The predicted octanol–water partition coefficient (Wildman–Crippen LogP) is 5.10. The van der Waals surface area contributed by atoms with Gasteiger partial charge in [-0.1, -0.05) is 12.2 Å². The molecule has 6 nitrogen and oxygen atoms in total. The lowest BCUT2D eigenvalue weighted by Crippen LogP contribution is -2.63. The molecule has 5 rings (SSSR count). The number of alkyl halides is 3. The van der Waals surface area contributed by atoms with Crippen LogP contribution in [0.5, 0.6) is 5.75 Å². The van der Waals surface area contributed by atoms with Crippen molar-refractivity contribution >= 4 is 19.9 Å². The van der Waals surface area contributed by atoms with E-state index in [1.807, 2.05) is 0 Å². The van der Waals surface area contributed by atoms with E-state index in [-0.39, 0.29) is 32.3 Å². The summed E-state index contributed by atoms with van der Waals surface area (Å²) < 4.78 is 131. The van der Waals surface area contributed by atoms with Crippen molar-refractivity contribution in [3.63, 3.8) is 0 Å². The normalized spacial score (nSPS) is 30.2. The van der Waals surface area contributed by atoms with Gasteiger partial charge >= 0.3 is 6.18 Å². The summed E-state index contributed by atoms with van der Waals surface area (Å²) in [6.45, 7) is 1.39. The van der Waals surface area contributed by atoms with Crippen molar-refractivity contribution in [1.82, 2.24) is 4.72 Å². The van der Waals surface area contributed by atoms with E-state index in [0.29, 0.717) is 12.1 Å². The van der Waals surface area contributed by atoms with E-state index >= 15 is 4.39 Å². The van der Waals surface area contributed by atoms with E-state index in [1.165, 1.54) is 0 Å². The van der Waals surface area contributed by atoms with Crippen molar-refractivity contribution in [3.8, 4) is 5.75 Å². The third kappa shape index (κ3) is 4.37. The van der Waals surface area contributed by atoms with Gasteiger partial charge in [0.05, 0.1) is 27.9 Å². The highest BCUT2D eigenvalue weighted by molar-refractivity contribution is 7.92. The Hall–Kier alpha value is -2.51. The molecule has 1 N–H and O–H groups in total. The van der Waals surface area contributed by atoms with Crippen LogP contribution < -0.4 is 9.46 Å². The highest BCUT2D eigenvalue weighted by Gasteiger charge is 2.64. The Morgan fingerprint density at radius 2 is 1.77 bits per heavy atom. The Morgan fingerprint density at radius 1 is 1.10 bits per heavy atom. The number of rotatable bonds is 4. The molecule has 2 aromatic carbocycles. The monoisotopic (exact) mass is 591 g/mol. The van der Waals surface area contributed by atoms with Crippen molar-refractivity contribution in [3.05, 3.63) is 71.3 Å². The molecule has 1 saturated carbocycles. The fourth-order valence-corrected chi connectivity index (χ4v) is 10.6. The molecule has 3 aliphatic rings. The third-order valence-electron chi connectivity index (χ3n) is 8.24. The van der Waals surface area contributed by atoms with Gasteiger partial charge in [0.25, 0.3) is 0 Å². The molecule has 2 fully saturated rings. The average molecular weight is 592 g/mol. The van der Waals surface area contributed by atoms with E-state index < -0.39 is 87.3 Å². The molecule has 0 unspecified atom stereocenters. The van der Waals surface area contributed by atoms with E-state index in [9.17, 15) is 34.4 Å². The van der Waals surface area contributed by atoms with Gasteiger partial charge in [-0.05, 0) is 74.9 Å². The van der Waals surface area contributed by atoms with Crippen LogP contribution >= 0.6 is 0 Å². The molecule has 0 spiro atoms. The second-order valence-electron chi connectivity index (χ2n) is 10.2. The summed E-state index contributed by atoms with van der Waals surface area (Å²) in [6.07, 6.45) is -1.41. The van der Waals surface area contributed by atoms with Crippen molar-refractivity contribution in [2.24, 2.45) is 11.8 Å². The van der Waals surface area contributed by atoms with Gasteiger partial charge in [0, 0.05) is 12.0 Å². The maximum Gasteiger partial charge on any atom is 0.416 e. The van der Waals surface area contributed by atoms with Gasteiger partial charge in [-0.25, -0.2) is 30.3 Å². The van der Waals surface area contributed by atoms with E-state index in [1.54, 1.807) is 19.1 Å². The van der Waals surface area contributed by atoms with Crippen LogP contribution in [0.3, 0.4) is 0 Å². The van der Waals surface area contributed by atoms with Gasteiger partial charge in [0.15, 0.2) is 21.4 Å². The van der Waals surface area contributed by atoms with Gasteiger partial charge in [-0.2, -0.15) is 13.2 Å². The maximum absolute atomic E-state index is 15.5. The summed E-state index contributed by atoms with van der Waals surface area (Å²) in [5, 5.41) is -0.890. The standard InChI is InChI=1S/C26H26F5NO5S2/c1-2-3-4-17-13-18-19-14-37-24-21(28)10-9-20(27)23(24)25(19,12-11-22(18)32-39(17,35)36)38(33,34)16-7-5-15(6-8-16)26(29,30)31/h2-3,5-10,17-19,22,32H,4,11-14H2,1H3/b3-2+/t17-,18+,19+,22-,25+/m1/s1. The second-order valence-corrected chi connectivity index (χ2v) is 14.4. The van der Waals surface area contributed by atoms with Crippen LogP contribution in [-0.4, -0.2) is 34.7 Å². The lowest BCUT2D eigenvalue weighted by Gasteiger charge is -2.54. The van der Waals surface area contributed by atoms with Crippen LogP contribution in [0, 0.1) is 23.5 Å². The smallest absolute Gasteiger partial charge is 0.416 e. The molecule has 2 heterocycles. The molecule has 1 saturated heterocycles. The lowest BCUT2D eigenvalue weighted by atomic mass is 9.64. The van der Waals surface area contributed by atoms with Crippen molar-refractivity contribution in [2.75, 3.05) is 6.61 Å². The molecule has 212 valence electrons. The maximum atomic E-state index is 15.5. The number of sulfone groups is 1. The Morgan fingerprint density at radius 3 is 2.41 bits per heavy atom. The Kier molecular flexibility index (Phi) is 6.86. The van der Waals surface area contributed by atoms with Crippen LogP contribution in [0.25, 0.3) is 0 Å². The summed E-state index contributed by atoms with van der Waals surface area (Å²) in [5.41, 5.74) is -1.56. The molecular formula is C26H26F5NO5S2. The first kappa shape index (κ1) is 28.0. The molecule has 0 bridgehead atoms. The molecule has 0 aromatic heterocycles. The first-order valence-electron chi connectivity index (χ1n) is 12.4. The molecule has 13 heteroatoms. The van der Waals surface area contributed by atoms with Crippen molar-refractivity contribution in [2.45, 2.75) is 59.7 Å². The summed E-state index contributed by atoms with van der Waals surface area (Å²) in [6, 6.07) is 3.86. The van der Waals surface area contributed by atoms with E-state index in [4.69, 9.17) is 4.74 Å². The molecule has 39 heavy (non-hydrogen) atoms. The molecule has 0 radical (unpaired) electrons. The second kappa shape index (κ2) is 9.55. The zero-order valence-corrected chi connectivity index (χ0v) is 22.3. The molecular weight excluding hydrogens is 565 g/mol. The SMILES string of the molecule is C/C=C/C[C@@H]1C[C@@H]2[C@@H](CC[C@@]3(S(=O)(=O)c4ccc(C(F)(F)F)cc4)c4c(F)ccc(F)c4OC[C@@H]23)NS1(=O)=O. The van der Waals surface area contributed by atoms with Crippen molar-refractivity contribution in [1.29, 1.82) is 0 Å².